The van der Waals surface area contributed by atoms with E-state index < -0.39 is 0 Å². The molecule has 2 N–H and O–H groups in total. The smallest absolute Gasteiger partial charge is 0.270 e. The van der Waals surface area contributed by atoms with Gasteiger partial charge in [-0.2, -0.15) is 0 Å². The van der Waals surface area contributed by atoms with Crippen molar-refractivity contribution in [2.24, 2.45) is 0 Å². The molecule has 0 fully saturated rings. The van der Waals surface area contributed by atoms with Crippen LogP contribution >= 0.6 is 0 Å². The fraction of sp³-hybridized carbons (Fsp3) is 0.357. The quantitative estimate of drug-likeness (QED) is 0.893. The third-order valence-corrected chi connectivity index (χ3v) is 2.41. The second kappa shape index (κ2) is 5.73. The molecule has 0 aliphatic rings. The van der Waals surface area contributed by atoms with Gasteiger partial charge in [0.05, 0.1) is 12.8 Å². The minimum absolute atomic E-state index is 0.129. The summed E-state index contributed by atoms with van der Waals surface area (Å²) in [5.41, 5.74) is 0.189. The molecule has 0 spiro atoms. The Morgan fingerprint density at radius 1 is 1.35 bits per heavy atom. The lowest BCUT2D eigenvalue weighted by atomic mass is 10.1. The largest absolute Gasteiger partial charge is 0.467 e. The van der Waals surface area contributed by atoms with Crippen LogP contribution in [0.15, 0.2) is 35.2 Å². The molecule has 6 heteroatoms. The van der Waals surface area contributed by atoms with E-state index in [1.54, 1.807) is 24.5 Å². The Balaban J connectivity index is 2.01. The van der Waals surface area contributed by atoms with E-state index in [1.165, 1.54) is 6.33 Å². The van der Waals surface area contributed by atoms with Gasteiger partial charge in [0.2, 0.25) is 0 Å². The maximum Gasteiger partial charge on any atom is 0.270 e. The van der Waals surface area contributed by atoms with Crippen molar-refractivity contribution < 1.29 is 9.21 Å². The maximum atomic E-state index is 12.0. The molecule has 0 bridgehead atoms. The van der Waals surface area contributed by atoms with Crippen molar-refractivity contribution in [1.82, 2.24) is 15.3 Å². The molecule has 0 aliphatic heterocycles. The number of furan rings is 1. The van der Waals surface area contributed by atoms with E-state index in [2.05, 4.69) is 20.6 Å². The summed E-state index contributed by atoms with van der Waals surface area (Å²) in [5, 5.41) is 5.94. The fourth-order valence-electron chi connectivity index (χ4n) is 1.61. The van der Waals surface area contributed by atoms with Gasteiger partial charge in [0, 0.05) is 11.6 Å². The molecule has 0 radical (unpaired) electrons. The number of amides is 1. The Morgan fingerprint density at radius 2 is 2.15 bits per heavy atom. The van der Waals surface area contributed by atoms with Gasteiger partial charge in [-0.3, -0.25) is 4.79 Å². The topological polar surface area (TPSA) is 80.0 Å². The number of carbonyl (C=O) groups is 1. The summed E-state index contributed by atoms with van der Waals surface area (Å²) in [6.45, 7) is 6.39. The molecule has 0 unspecified atom stereocenters. The van der Waals surface area contributed by atoms with Crippen LogP contribution in [-0.2, 0) is 6.54 Å². The van der Waals surface area contributed by atoms with Gasteiger partial charge in [0.1, 0.15) is 23.6 Å². The summed E-state index contributed by atoms with van der Waals surface area (Å²) in [4.78, 5) is 20.1. The third-order valence-electron chi connectivity index (χ3n) is 2.41. The van der Waals surface area contributed by atoms with Crippen LogP contribution in [0.25, 0.3) is 0 Å². The van der Waals surface area contributed by atoms with Crippen molar-refractivity contribution in [1.29, 1.82) is 0 Å². The molecule has 2 rings (SSSR count). The first-order chi connectivity index (χ1) is 9.44. The first-order valence-electron chi connectivity index (χ1n) is 6.35. The molecule has 2 aromatic rings. The van der Waals surface area contributed by atoms with Crippen molar-refractivity contribution >= 4 is 11.7 Å². The minimum atomic E-state index is -0.263. The molecular weight excluding hydrogens is 256 g/mol. The van der Waals surface area contributed by atoms with E-state index in [9.17, 15) is 4.79 Å². The lowest BCUT2D eigenvalue weighted by molar-refractivity contribution is 0.0943. The zero-order valence-electron chi connectivity index (χ0n) is 11.8. The molecule has 2 heterocycles. The van der Waals surface area contributed by atoms with Crippen LogP contribution < -0.4 is 10.6 Å². The number of nitrogens with zero attached hydrogens (tertiary/aromatic N) is 2. The Kier molecular flexibility index (Phi) is 4.02. The van der Waals surface area contributed by atoms with Crippen LogP contribution in [-0.4, -0.2) is 21.4 Å². The summed E-state index contributed by atoms with van der Waals surface area (Å²) in [6.07, 6.45) is 2.94. The average Bonchev–Trinajstić information content (AvgIpc) is 2.87. The van der Waals surface area contributed by atoms with Crippen molar-refractivity contribution in [3.8, 4) is 0 Å². The lowest BCUT2D eigenvalue weighted by Gasteiger charge is -2.21. The van der Waals surface area contributed by atoms with Crippen LogP contribution in [0.4, 0.5) is 5.82 Å². The van der Waals surface area contributed by atoms with E-state index in [-0.39, 0.29) is 11.4 Å². The van der Waals surface area contributed by atoms with Gasteiger partial charge < -0.3 is 15.1 Å². The number of aromatic nitrogens is 2. The molecule has 0 aromatic carbocycles. The summed E-state index contributed by atoms with van der Waals surface area (Å²) >= 11 is 0. The van der Waals surface area contributed by atoms with Crippen molar-refractivity contribution in [2.45, 2.75) is 32.9 Å². The van der Waals surface area contributed by atoms with Crippen molar-refractivity contribution in [2.75, 3.05) is 5.32 Å². The van der Waals surface area contributed by atoms with Gasteiger partial charge in [-0.05, 0) is 32.9 Å². The van der Waals surface area contributed by atoms with Crippen LogP contribution in [0.1, 0.15) is 37.0 Å². The van der Waals surface area contributed by atoms with Gasteiger partial charge in [0.25, 0.3) is 5.91 Å². The van der Waals surface area contributed by atoms with Crippen molar-refractivity contribution in [3.63, 3.8) is 0 Å². The number of carbonyl (C=O) groups excluding carboxylic acids is 1. The third kappa shape index (κ3) is 4.08. The minimum Gasteiger partial charge on any atom is -0.467 e. The van der Waals surface area contributed by atoms with Crippen LogP contribution in [0.5, 0.6) is 0 Å². The lowest BCUT2D eigenvalue weighted by Crippen LogP contribution is -2.28. The number of anilines is 1. The molecule has 0 atom stereocenters. The standard InChI is InChI=1S/C14H18N4O2/c1-14(2,3)18-12-7-11(16-9-17-12)13(19)15-8-10-5-4-6-20-10/h4-7,9H,8H2,1-3H3,(H,15,19)(H,16,17,18). The molecule has 2 aromatic heterocycles. The summed E-state index contributed by atoms with van der Waals surface area (Å²) < 4.78 is 5.15. The Labute approximate surface area is 117 Å². The molecule has 0 saturated carbocycles. The van der Waals surface area contributed by atoms with E-state index in [4.69, 9.17) is 4.42 Å². The Bertz CT molecular complexity index is 573. The monoisotopic (exact) mass is 274 g/mol. The van der Waals surface area contributed by atoms with Gasteiger partial charge in [-0.1, -0.05) is 0 Å². The number of hydrogen-bond donors (Lipinski definition) is 2. The highest BCUT2D eigenvalue weighted by atomic mass is 16.3. The SMILES string of the molecule is CC(C)(C)Nc1cc(C(=O)NCc2ccco2)ncn1. The number of hydrogen-bond acceptors (Lipinski definition) is 5. The van der Waals surface area contributed by atoms with E-state index in [0.29, 0.717) is 23.8 Å². The van der Waals surface area contributed by atoms with Gasteiger partial charge in [0.15, 0.2) is 0 Å². The van der Waals surface area contributed by atoms with E-state index >= 15 is 0 Å². The molecule has 6 nitrogen and oxygen atoms in total. The van der Waals surface area contributed by atoms with Crippen LogP contribution in [0.2, 0.25) is 0 Å². The van der Waals surface area contributed by atoms with Crippen molar-refractivity contribution in [3.05, 3.63) is 42.2 Å². The molecule has 1 amide bonds. The number of nitrogens with one attached hydrogen (secondary N) is 2. The van der Waals surface area contributed by atoms with Gasteiger partial charge in [-0.25, -0.2) is 9.97 Å². The van der Waals surface area contributed by atoms with E-state index in [0.717, 1.165) is 0 Å². The highest BCUT2D eigenvalue weighted by Gasteiger charge is 2.13. The highest BCUT2D eigenvalue weighted by Crippen LogP contribution is 2.12. The summed E-state index contributed by atoms with van der Waals surface area (Å²) in [7, 11) is 0. The fourth-order valence-corrected chi connectivity index (χ4v) is 1.61. The zero-order chi connectivity index (χ0) is 14.6. The molecule has 20 heavy (non-hydrogen) atoms. The first-order valence-corrected chi connectivity index (χ1v) is 6.35. The second-order valence-electron chi connectivity index (χ2n) is 5.43. The summed E-state index contributed by atoms with van der Waals surface area (Å²) in [6, 6.07) is 5.20. The Morgan fingerprint density at radius 3 is 2.80 bits per heavy atom. The van der Waals surface area contributed by atoms with E-state index in [1.807, 2.05) is 20.8 Å². The predicted octanol–water partition coefficient (Wildman–Crippen LogP) is 2.21. The van der Waals surface area contributed by atoms with Gasteiger partial charge >= 0.3 is 0 Å². The Hall–Kier alpha value is -2.37. The second-order valence-corrected chi connectivity index (χ2v) is 5.43. The summed E-state index contributed by atoms with van der Waals surface area (Å²) in [5.74, 6) is 1.05. The molecular formula is C14H18N4O2. The zero-order valence-corrected chi connectivity index (χ0v) is 11.8. The molecule has 106 valence electrons. The number of rotatable bonds is 4. The first kappa shape index (κ1) is 14.0. The molecule has 0 saturated heterocycles. The molecule has 0 aliphatic carbocycles. The average molecular weight is 274 g/mol. The normalized spacial score (nSPS) is 11.2. The highest BCUT2D eigenvalue weighted by molar-refractivity contribution is 5.92. The van der Waals surface area contributed by atoms with Crippen LogP contribution in [0, 0.1) is 0 Å². The van der Waals surface area contributed by atoms with Gasteiger partial charge in [-0.15, -0.1) is 0 Å². The maximum absolute atomic E-state index is 12.0. The predicted molar refractivity (Wildman–Crippen MR) is 75.3 cm³/mol. The van der Waals surface area contributed by atoms with Crippen LogP contribution in [0.3, 0.4) is 0 Å².